The molecule has 0 saturated carbocycles. The van der Waals surface area contributed by atoms with Crippen LogP contribution >= 0.6 is 0 Å². The molecule has 2 rings (SSSR count). The topological polar surface area (TPSA) is 53.1 Å². The first-order chi connectivity index (χ1) is 8.26. The second kappa shape index (κ2) is 5.01. The van der Waals surface area contributed by atoms with Crippen molar-refractivity contribution in [2.75, 3.05) is 6.61 Å². The minimum Gasteiger partial charge on any atom is -0.492 e. The zero-order valence-electron chi connectivity index (χ0n) is 10.2. The van der Waals surface area contributed by atoms with Gasteiger partial charge < -0.3 is 10.5 Å². The Kier molecular flexibility index (Phi) is 3.44. The van der Waals surface area contributed by atoms with Crippen LogP contribution in [0.2, 0.25) is 0 Å². The molecule has 0 radical (unpaired) electrons. The van der Waals surface area contributed by atoms with Crippen LogP contribution in [0, 0.1) is 6.92 Å². The van der Waals surface area contributed by atoms with Gasteiger partial charge in [-0.3, -0.25) is 0 Å². The van der Waals surface area contributed by atoms with Gasteiger partial charge in [0, 0.05) is 18.3 Å². The molecule has 2 aromatic rings. The molecule has 0 saturated heterocycles. The Bertz CT molecular complexity index is 505. The highest BCUT2D eigenvalue weighted by Gasteiger charge is 2.08. The number of aryl methyl sites for hydroxylation is 1. The maximum atomic E-state index is 5.65. The van der Waals surface area contributed by atoms with Crippen molar-refractivity contribution >= 4 is 0 Å². The van der Waals surface area contributed by atoms with E-state index in [0.717, 1.165) is 22.7 Å². The van der Waals surface area contributed by atoms with Crippen molar-refractivity contribution < 1.29 is 4.74 Å². The highest BCUT2D eigenvalue weighted by atomic mass is 16.5. The molecule has 1 aromatic carbocycles. The van der Waals surface area contributed by atoms with Crippen molar-refractivity contribution in [3.05, 3.63) is 41.7 Å². The van der Waals surface area contributed by atoms with Gasteiger partial charge in [0.05, 0.1) is 12.3 Å². The molecular formula is C13H17N3O. The smallest absolute Gasteiger partial charge is 0.144 e. The third-order valence-electron chi connectivity index (χ3n) is 2.63. The van der Waals surface area contributed by atoms with Gasteiger partial charge in [-0.25, -0.2) is 4.68 Å². The highest BCUT2D eigenvalue weighted by molar-refractivity contribution is 5.46. The number of benzene rings is 1. The lowest BCUT2D eigenvalue weighted by molar-refractivity contribution is 0.338. The number of ether oxygens (including phenoxy) is 1. The zero-order chi connectivity index (χ0) is 12.3. The lowest BCUT2D eigenvalue weighted by Gasteiger charge is -2.09. The fourth-order valence-electron chi connectivity index (χ4n) is 1.74. The Hall–Kier alpha value is -1.81. The molecule has 0 aliphatic rings. The van der Waals surface area contributed by atoms with Gasteiger partial charge in [-0.2, -0.15) is 5.10 Å². The molecule has 4 heteroatoms. The first-order valence-electron chi connectivity index (χ1n) is 5.73. The maximum absolute atomic E-state index is 5.65. The van der Waals surface area contributed by atoms with E-state index in [1.54, 1.807) is 0 Å². The molecule has 4 nitrogen and oxygen atoms in total. The lowest BCUT2D eigenvalue weighted by Crippen LogP contribution is -2.01. The fourth-order valence-corrected chi connectivity index (χ4v) is 1.74. The molecule has 1 heterocycles. The number of hydrogen-bond acceptors (Lipinski definition) is 3. The predicted octanol–water partition coefficient (Wildman–Crippen LogP) is 2.04. The minimum atomic E-state index is 0.503. The van der Waals surface area contributed by atoms with E-state index in [0.29, 0.717) is 13.2 Å². The molecule has 0 aliphatic heterocycles. The van der Waals surface area contributed by atoms with Crippen molar-refractivity contribution in [1.82, 2.24) is 9.78 Å². The van der Waals surface area contributed by atoms with Crippen LogP contribution in [0.25, 0.3) is 5.69 Å². The molecule has 0 bridgehead atoms. The molecule has 2 N–H and O–H groups in total. The summed E-state index contributed by atoms with van der Waals surface area (Å²) in [6, 6.07) is 7.85. The number of nitrogens with zero attached hydrogens (tertiary/aromatic N) is 2. The third kappa shape index (κ3) is 2.31. The van der Waals surface area contributed by atoms with Crippen molar-refractivity contribution in [1.29, 1.82) is 0 Å². The predicted molar refractivity (Wildman–Crippen MR) is 67.4 cm³/mol. The standard InChI is InChI=1S/C13H17N3O/c1-3-17-13-7-5-4-6-12(13)16-9-11(8-14)10(2)15-16/h4-7,9H,3,8,14H2,1-2H3. The average Bonchev–Trinajstić information content (AvgIpc) is 2.71. The summed E-state index contributed by atoms with van der Waals surface area (Å²) in [5.41, 5.74) is 8.61. The van der Waals surface area contributed by atoms with Crippen LogP contribution in [0.4, 0.5) is 0 Å². The van der Waals surface area contributed by atoms with Crippen molar-refractivity contribution in [2.45, 2.75) is 20.4 Å². The Morgan fingerprint density at radius 2 is 2.12 bits per heavy atom. The van der Waals surface area contributed by atoms with Gasteiger partial charge in [-0.1, -0.05) is 12.1 Å². The summed E-state index contributed by atoms with van der Waals surface area (Å²) in [6.45, 7) is 5.07. The highest BCUT2D eigenvalue weighted by Crippen LogP contribution is 2.22. The van der Waals surface area contributed by atoms with Crippen molar-refractivity contribution in [3.63, 3.8) is 0 Å². The summed E-state index contributed by atoms with van der Waals surface area (Å²) in [7, 11) is 0. The molecule has 0 atom stereocenters. The molecule has 1 aromatic heterocycles. The minimum absolute atomic E-state index is 0.503. The first kappa shape index (κ1) is 11.7. The Labute approximate surface area is 101 Å². The fraction of sp³-hybridized carbons (Fsp3) is 0.308. The maximum Gasteiger partial charge on any atom is 0.144 e. The van der Waals surface area contributed by atoms with E-state index >= 15 is 0 Å². The Morgan fingerprint density at radius 1 is 1.35 bits per heavy atom. The van der Waals surface area contributed by atoms with Gasteiger partial charge in [0.15, 0.2) is 0 Å². The first-order valence-corrected chi connectivity index (χ1v) is 5.73. The van der Waals surface area contributed by atoms with E-state index < -0.39 is 0 Å². The molecule has 0 fully saturated rings. The van der Waals surface area contributed by atoms with Crippen LogP contribution in [0.15, 0.2) is 30.5 Å². The average molecular weight is 231 g/mol. The second-order valence-electron chi connectivity index (χ2n) is 3.79. The summed E-state index contributed by atoms with van der Waals surface area (Å²) < 4.78 is 7.40. The summed E-state index contributed by atoms with van der Waals surface area (Å²) in [6.07, 6.45) is 1.95. The summed E-state index contributed by atoms with van der Waals surface area (Å²) >= 11 is 0. The lowest BCUT2D eigenvalue weighted by atomic mass is 10.2. The van der Waals surface area contributed by atoms with Crippen LogP contribution in [-0.2, 0) is 6.54 Å². The van der Waals surface area contributed by atoms with Crippen LogP contribution < -0.4 is 10.5 Å². The van der Waals surface area contributed by atoms with Gasteiger partial charge >= 0.3 is 0 Å². The van der Waals surface area contributed by atoms with Crippen LogP contribution in [-0.4, -0.2) is 16.4 Å². The number of nitrogens with two attached hydrogens (primary N) is 1. The summed E-state index contributed by atoms with van der Waals surface area (Å²) in [5.74, 6) is 0.834. The molecule has 0 aliphatic carbocycles. The SMILES string of the molecule is CCOc1ccccc1-n1cc(CN)c(C)n1. The Balaban J connectivity index is 2.44. The molecule has 0 unspecified atom stereocenters. The summed E-state index contributed by atoms with van der Waals surface area (Å²) in [4.78, 5) is 0. The normalized spacial score (nSPS) is 10.5. The number of aromatic nitrogens is 2. The van der Waals surface area contributed by atoms with E-state index in [9.17, 15) is 0 Å². The van der Waals surface area contributed by atoms with Gasteiger partial charge in [-0.05, 0) is 26.0 Å². The number of hydrogen-bond donors (Lipinski definition) is 1. The quantitative estimate of drug-likeness (QED) is 0.876. The van der Waals surface area contributed by atoms with Crippen molar-refractivity contribution in [2.24, 2.45) is 5.73 Å². The third-order valence-corrected chi connectivity index (χ3v) is 2.63. The second-order valence-corrected chi connectivity index (χ2v) is 3.79. The van der Waals surface area contributed by atoms with E-state index in [4.69, 9.17) is 10.5 Å². The monoisotopic (exact) mass is 231 g/mol. The van der Waals surface area contributed by atoms with Gasteiger partial charge in [0.25, 0.3) is 0 Å². The van der Waals surface area contributed by atoms with Crippen molar-refractivity contribution in [3.8, 4) is 11.4 Å². The molecule has 90 valence electrons. The largest absolute Gasteiger partial charge is 0.492 e. The van der Waals surface area contributed by atoms with E-state index in [-0.39, 0.29) is 0 Å². The van der Waals surface area contributed by atoms with Crippen LogP contribution in [0.5, 0.6) is 5.75 Å². The van der Waals surface area contributed by atoms with Gasteiger partial charge in [-0.15, -0.1) is 0 Å². The number of para-hydroxylation sites is 2. The van der Waals surface area contributed by atoms with Gasteiger partial charge in [0.2, 0.25) is 0 Å². The Morgan fingerprint density at radius 3 is 2.76 bits per heavy atom. The number of rotatable bonds is 4. The molecular weight excluding hydrogens is 214 g/mol. The molecule has 0 spiro atoms. The van der Waals surface area contributed by atoms with E-state index in [1.165, 1.54) is 0 Å². The van der Waals surface area contributed by atoms with Crippen LogP contribution in [0.1, 0.15) is 18.2 Å². The van der Waals surface area contributed by atoms with E-state index in [1.807, 2.05) is 49.0 Å². The summed E-state index contributed by atoms with van der Waals surface area (Å²) in [5, 5.41) is 4.45. The molecule has 17 heavy (non-hydrogen) atoms. The van der Waals surface area contributed by atoms with E-state index in [2.05, 4.69) is 5.10 Å². The van der Waals surface area contributed by atoms with Crippen LogP contribution in [0.3, 0.4) is 0 Å². The molecule has 0 amide bonds. The zero-order valence-corrected chi connectivity index (χ0v) is 10.2. The van der Waals surface area contributed by atoms with Gasteiger partial charge in [0.1, 0.15) is 11.4 Å².